The highest BCUT2D eigenvalue weighted by atomic mass is 32.1. The largest absolute Gasteiger partial charge is 0.381 e. The van der Waals surface area contributed by atoms with Gasteiger partial charge >= 0.3 is 0 Å². The summed E-state index contributed by atoms with van der Waals surface area (Å²) in [7, 11) is 3.74. The molecule has 2 heterocycles. The molecule has 4 nitrogen and oxygen atoms in total. The van der Waals surface area contributed by atoms with Crippen molar-refractivity contribution in [3.8, 4) is 0 Å². The lowest BCUT2D eigenvalue weighted by molar-refractivity contribution is -0.0948. The molecule has 0 saturated carbocycles. The Morgan fingerprint density at radius 2 is 2.18 bits per heavy atom. The van der Waals surface area contributed by atoms with Gasteiger partial charge in [-0.25, -0.2) is 4.98 Å². The van der Waals surface area contributed by atoms with Crippen molar-refractivity contribution >= 4 is 11.3 Å². The smallest absolute Gasteiger partial charge is 0.125 e. The molecule has 0 spiro atoms. The second kappa shape index (κ2) is 5.44. The molecule has 1 aliphatic rings. The summed E-state index contributed by atoms with van der Waals surface area (Å²) in [6.07, 6.45) is 1.80. The SMILES string of the molecule is CNCc1sc(C2(OC)CCOCC2)nc1C. The van der Waals surface area contributed by atoms with Crippen LogP contribution < -0.4 is 5.32 Å². The van der Waals surface area contributed by atoms with Crippen LogP contribution in [0.15, 0.2) is 0 Å². The lowest BCUT2D eigenvalue weighted by Crippen LogP contribution is -2.35. The highest BCUT2D eigenvalue weighted by Crippen LogP contribution is 2.38. The van der Waals surface area contributed by atoms with Crippen LogP contribution in [0.1, 0.15) is 28.4 Å². The van der Waals surface area contributed by atoms with Gasteiger partial charge in [0.25, 0.3) is 0 Å². The van der Waals surface area contributed by atoms with Gasteiger partial charge in [0, 0.05) is 44.6 Å². The molecule has 1 aromatic rings. The predicted molar refractivity (Wildman–Crippen MR) is 68.4 cm³/mol. The summed E-state index contributed by atoms with van der Waals surface area (Å²) < 4.78 is 11.2. The number of methoxy groups -OCH3 is 1. The fourth-order valence-electron chi connectivity index (χ4n) is 2.15. The monoisotopic (exact) mass is 256 g/mol. The van der Waals surface area contributed by atoms with Crippen molar-refractivity contribution in [2.24, 2.45) is 0 Å². The standard InChI is InChI=1S/C12H20N2O2S/c1-9-10(8-13-2)17-11(14-9)12(15-3)4-6-16-7-5-12/h13H,4-8H2,1-3H3. The number of thiazole rings is 1. The van der Waals surface area contributed by atoms with Gasteiger partial charge in [0.15, 0.2) is 0 Å². The van der Waals surface area contributed by atoms with Crippen LogP contribution in [-0.2, 0) is 21.6 Å². The van der Waals surface area contributed by atoms with Crippen LogP contribution >= 0.6 is 11.3 Å². The van der Waals surface area contributed by atoms with Gasteiger partial charge in [0.1, 0.15) is 10.6 Å². The van der Waals surface area contributed by atoms with Crippen LogP contribution in [0.2, 0.25) is 0 Å². The molecule has 0 bridgehead atoms. The maximum absolute atomic E-state index is 5.76. The Labute approximate surface area is 106 Å². The highest BCUT2D eigenvalue weighted by molar-refractivity contribution is 7.11. The lowest BCUT2D eigenvalue weighted by atomic mass is 9.95. The van der Waals surface area contributed by atoms with E-state index in [2.05, 4.69) is 12.2 Å². The maximum Gasteiger partial charge on any atom is 0.125 e. The van der Waals surface area contributed by atoms with Crippen molar-refractivity contribution in [3.05, 3.63) is 15.6 Å². The zero-order chi connectivity index (χ0) is 12.3. The minimum atomic E-state index is -0.223. The first-order valence-electron chi connectivity index (χ1n) is 5.96. The molecular formula is C12H20N2O2S. The second-order valence-electron chi connectivity index (χ2n) is 4.37. The zero-order valence-electron chi connectivity index (χ0n) is 10.7. The Hall–Kier alpha value is -0.490. The average Bonchev–Trinajstić information content (AvgIpc) is 2.73. The Balaban J connectivity index is 2.27. The fraction of sp³-hybridized carbons (Fsp3) is 0.750. The Bertz CT molecular complexity index is 373. The number of rotatable bonds is 4. The van der Waals surface area contributed by atoms with E-state index in [1.807, 2.05) is 7.05 Å². The van der Waals surface area contributed by atoms with E-state index in [1.165, 1.54) is 4.88 Å². The van der Waals surface area contributed by atoms with E-state index >= 15 is 0 Å². The van der Waals surface area contributed by atoms with Crippen LogP contribution in [0.25, 0.3) is 0 Å². The average molecular weight is 256 g/mol. The number of aryl methyl sites for hydroxylation is 1. The van der Waals surface area contributed by atoms with Crippen molar-refractivity contribution in [1.29, 1.82) is 0 Å². The summed E-state index contributed by atoms with van der Waals surface area (Å²) in [6, 6.07) is 0. The van der Waals surface area contributed by atoms with E-state index in [1.54, 1.807) is 18.4 Å². The van der Waals surface area contributed by atoms with Crippen LogP contribution in [0.5, 0.6) is 0 Å². The first-order chi connectivity index (χ1) is 8.22. The van der Waals surface area contributed by atoms with Crippen LogP contribution in [0.4, 0.5) is 0 Å². The first kappa shape index (κ1) is 13.0. The topological polar surface area (TPSA) is 43.4 Å². The van der Waals surface area contributed by atoms with Gasteiger partial charge in [-0.2, -0.15) is 0 Å². The van der Waals surface area contributed by atoms with Crippen molar-refractivity contribution in [3.63, 3.8) is 0 Å². The van der Waals surface area contributed by atoms with Gasteiger partial charge in [-0.15, -0.1) is 11.3 Å². The number of ether oxygens (including phenoxy) is 2. The Kier molecular flexibility index (Phi) is 4.14. The van der Waals surface area contributed by atoms with Crippen LogP contribution in [0, 0.1) is 6.92 Å². The minimum Gasteiger partial charge on any atom is -0.381 e. The molecule has 2 rings (SSSR count). The molecule has 17 heavy (non-hydrogen) atoms. The molecule has 0 aliphatic carbocycles. The van der Waals surface area contributed by atoms with Gasteiger partial charge in [0.05, 0.1) is 5.69 Å². The first-order valence-corrected chi connectivity index (χ1v) is 6.78. The molecule has 1 saturated heterocycles. The summed E-state index contributed by atoms with van der Waals surface area (Å²) in [5.41, 5.74) is 0.891. The number of aromatic nitrogens is 1. The molecule has 96 valence electrons. The highest BCUT2D eigenvalue weighted by Gasteiger charge is 2.37. The molecule has 1 N–H and O–H groups in total. The number of nitrogens with zero attached hydrogens (tertiary/aromatic N) is 1. The summed E-state index contributed by atoms with van der Waals surface area (Å²) in [5, 5.41) is 4.28. The molecule has 1 aliphatic heterocycles. The zero-order valence-corrected chi connectivity index (χ0v) is 11.5. The Morgan fingerprint density at radius 3 is 2.76 bits per heavy atom. The molecule has 0 unspecified atom stereocenters. The van der Waals surface area contributed by atoms with Crippen molar-refractivity contribution in [2.45, 2.75) is 31.9 Å². The fourth-order valence-corrected chi connectivity index (χ4v) is 3.45. The molecule has 0 radical (unpaired) electrons. The van der Waals surface area contributed by atoms with Gasteiger partial charge in [-0.05, 0) is 14.0 Å². The quantitative estimate of drug-likeness (QED) is 0.892. The van der Waals surface area contributed by atoms with Crippen molar-refractivity contribution in [1.82, 2.24) is 10.3 Å². The van der Waals surface area contributed by atoms with E-state index in [-0.39, 0.29) is 5.60 Å². The van der Waals surface area contributed by atoms with E-state index in [0.29, 0.717) is 0 Å². The third kappa shape index (κ3) is 2.52. The lowest BCUT2D eigenvalue weighted by Gasteiger charge is -2.33. The molecule has 0 atom stereocenters. The maximum atomic E-state index is 5.76. The van der Waals surface area contributed by atoms with E-state index in [9.17, 15) is 0 Å². The van der Waals surface area contributed by atoms with E-state index in [4.69, 9.17) is 14.5 Å². The third-order valence-electron chi connectivity index (χ3n) is 3.31. The van der Waals surface area contributed by atoms with Gasteiger partial charge in [0.2, 0.25) is 0 Å². The molecule has 0 amide bonds. The number of hydrogen-bond acceptors (Lipinski definition) is 5. The molecule has 5 heteroatoms. The third-order valence-corrected chi connectivity index (χ3v) is 4.65. The summed E-state index contributed by atoms with van der Waals surface area (Å²) >= 11 is 1.76. The summed E-state index contributed by atoms with van der Waals surface area (Å²) in [6.45, 7) is 4.46. The Morgan fingerprint density at radius 1 is 1.47 bits per heavy atom. The molecule has 1 aromatic heterocycles. The molecular weight excluding hydrogens is 236 g/mol. The van der Waals surface area contributed by atoms with Crippen LogP contribution in [-0.4, -0.2) is 32.4 Å². The van der Waals surface area contributed by atoms with Gasteiger partial charge in [-0.1, -0.05) is 0 Å². The number of hydrogen-bond donors (Lipinski definition) is 1. The predicted octanol–water partition coefficient (Wildman–Crippen LogP) is 1.82. The van der Waals surface area contributed by atoms with Crippen LogP contribution in [0.3, 0.4) is 0 Å². The van der Waals surface area contributed by atoms with Crippen molar-refractivity contribution < 1.29 is 9.47 Å². The summed E-state index contributed by atoms with van der Waals surface area (Å²) in [4.78, 5) is 5.99. The van der Waals surface area contributed by atoms with Crippen molar-refractivity contribution in [2.75, 3.05) is 27.4 Å². The number of nitrogens with one attached hydrogen (secondary N) is 1. The van der Waals surface area contributed by atoms with Gasteiger partial charge in [-0.3, -0.25) is 0 Å². The second-order valence-corrected chi connectivity index (χ2v) is 5.45. The van der Waals surface area contributed by atoms with Gasteiger partial charge < -0.3 is 14.8 Å². The van der Waals surface area contributed by atoms with E-state index < -0.39 is 0 Å². The van der Waals surface area contributed by atoms with E-state index in [0.717, 1.165) is 43.3 Å². The molecule has 1 fully saturated rings. The molecule has 0 aromatic carbocycles. The minimum absolute atomic E-state index is 0.223. The normalized spacial score (nSPS) is 19.5. The summed E-state index contributed by atoms with van der Waals surface area (Å²) in [5.74, 6) is 0.